The van der Waals surface area contributed by atoms with Gasteiger partial charge < -0.3 is 5.73 Å². The zero-order valence-corrected chi connectivity index (χ0v) is 8.53. The molecule has 0 aliphatic rings. The first-order valence-corrected chi connectivity index (χ1v) is 4.80. The molecule has 2 aromatic rings. The molecule has 2 aromatic heterocycles. The Balaban J connectivity index is 2.58. The van der Waals surface area contributed by atoms with Crippen LogP contribution in [-0.4, -0.2) is 21.1 Å². The van der Waals surface area contributed by atoms with Gasteiger partial charge in [0.1, 0.15) is 4.60 Å². The molecule has 0 spiro atoms. The highest BCUT2D eigenvalue weighted by molar-refractivity contribution is 9.10. The van der Waals surface area contributed by atoms with Gasteiger partial charge in [-0.05, 0) is 34.6 Å². The molecule has 0 bridgehead atoms. The van der Waals surface area contributed by atoms with E-state index in [-0.39, 0.29) is 0 Å². The Labute approximate surface area is 83.9 Å². The molecular weight excluding hydrogens is 232 g/mol. The van der Waals surface area contributed by atoms with E-state index in [4.69, 9.17) is 5.73 Å². The number of nitrogens with two attached hydrogens (primary N) is 1. The minimum atomic E-state index is 0.613. The number of aromatic nitrogens is 3. The molecule has 0 fully saturated rings. The zero-order valence-electron chi connectivity index (χ0n) is 6.94. The van der Waals surface area contributed by atoms with Gasteiger partial charge in [0.2, 0.25) is 0 Å². The number of fused-ring (bicyclic) bond motifs is 1. The van der Waals surface area contributed by atoms with Crippen LogP contribution in [0.15, 0.2) is 22.9 Å². The summed E-state index contributed by atoms with van der Waals surface area (Å²) in [5.41, 5.74) is 7.36. The summed E-state index contributed by atoms with van der Waals surface area (Å²) in [4.78, 5) is 4.20. The second kappa shape index (κ2) is 3.43. The molecule has 4 nitrogen and oxygen atoms in total. The highest BCUT2D eigenvalue weighted by Crippen LogP contribution is 2.09. The van der Waals surface area contributed by atoms with Crippen molar-refractivity contribution in [3.63, 3.8) is 0 Å². The Morgan fingerprint density at radius 3 is 3.08 bits per heavy atom. The lowest BCUT2D eigenvalue weighted by atomic mass is 10.3. The molecule has 0 aliphatic heterocycles. The largest absolute Gasteiger partial charge is 0.330 e. The van der Waals surface area contributed by atoms with Crippen LogP contribution in [0, 0.1) is 0 Å². The Bertz CT molecular complexity index is 423. The molecule has 2 rings (SSSR count). The van der Waals surface area contributed by atoms with Crippen molar-refractivity contribution in [2.45, 2.75) is 6.42 Å². The summed E-state index contributed by atoms with van der Waals surface area (Å²) < 4.78 is 2.60. The minimum Gasteiger partial charge on any atom is -0.330 e. The smallest absolute Gasteiger partial charge is 0.153 e. The monoisotopic (exact) mass is 240 g/mol. The van der Waals surface area contributed by atoms with Crippen molar-refractivity contribution in [3.8, 4) is 0 Å². The third kappa shape index (κ3) is 1.57. The SMILES string of the molecule is NCCc1cnc2ccc(Br)nn12. The fourth-order valence-electron chi connectivity index (χ4n) is 1.22. The van der Waals surface area contributed by atoms with Gasteiger partial charge in [0, 0.05) is 6.42 Å². The predicted molar refractivity (Wildman–Crippen MR) is 53.4 cm³/mol. The van der Waals surface area contributed by atoms with Crippen LogP contribution in [0.4, 0.5) is 0 Å². The minimum absolute atomic E-state index is 0.613. The van der Waals surface area contributed by atoms with Crippen LogP contribution in [0.2, 0.25) is 0 Å². The number of nitrogens with zero attached hydrogens (tertiary/aromatic N) is 3. The summed E-state index contributed by atoms with van der Waals surface area (Å²) in [7, 11) is 0. The topological polar surface area (TPSA) is 56.2 Å². The molecule has 0 atom stereocenters. The van der Waals surface area contributed by atoms with Crippen LogP contribution < -0.4 is 5.73 Å². The number of halogens is 1. The molecule has 0 saturated carbocycles. The van der Waals surface area contributed by atoms with Crippen molar-refractivity contribution < 1.29 is 0 Å². The van der Waals surface area contributed by atoms with Gasteiger partial charge in [0.15, 0.2) is 5.65 Å². The summed E-state index contributed by atoms with van der Waals surface area (Å²) >= 11 is 3.31. The van der Waals surface area contributed by atoms with Gasteiger partial charge in [-0.1, -0.05) is 0 Å². The average molecular weight is 241 g/mol. The van der Waals surface area contributed by atoms with E-state index in [0.29, 0.717) is 6.54 Å². The van der Waals surface area contributed by atoms with Crippen molar-refractivity contribution in [2.75, 3.05) is 6.54 Å². The van der Waals surface area contributed by atoms with E-state index in [0.717, 1.165) is 22.4 Å². The lowest BCUT2D eigenvalue weighted by Crippen LogP contribution is -2.06. The maximum atomic E-state index is 5.47. The third-order valence-corrected chi connectivity index (χ3v) is 2.22. The fraction of sp³-hybridized carbons (Fsp3) is 0.250. The van der Waals surface area contributed by atoms with E-state index in [9.17, 15) is 0 Å². The number of hydrogen-bond donors (Lipinski definition) is 1. The molecule has 2 heterocycles. The average Bonchev–Trinajstić information content (AvgIpc) is 2.49. The van der Waals surface area contributed by atoms with Crippen molar-refractivity contribution in [1.82, 2.24) is 14.6 Å². The van der Waals surface area contributed by atoms with Gasteiger partial charge in [0.05, 0.1) is 11.9 Å². The standard InChI is InChI=1S/C8H9BrN4/c9-7-1-2-8-11-5-6(3-4-10)13(8)12-7/h1-2,5H,3-4,10H2. The molecule has 0 radical (unpaired) electrons. The van der Waals surface area contributed by atoms with Crippen LogP contribution in [0.25, 0.3) is 5.65 Å². The third-order valence-electron chi connectivity index (χ3n) is 1.80. The summed E-state index contributed by atoms with van der Waals surface area (Å²) in [6, 6.07) is 3.78. The number of rotatable bonds is 2. The molecule has 0 aliphatic carbocycles. The molecule has 0 amide bonds. The van der Waals surface area contributed by atoms with E-state index in [1.807, 2.05) is 18.3 Å². The Morgan fingerprint density at radius 1 is 1.46 bits per heavy atom. The van der Waals surface area contributed by atoms with Crippen LogP contribution in [0.5, 0.6) is 0 Å². The highest BCUT2D eigenvalue weighted by Gasteiger charge is 2.02. The van der Waals surface area contributed by atoms with Crippen LogP contribution in [0.1, 0.15) is 5.69 Å². The van der Waals surface area contributed by atoms with Crippen molar-refractivity contribution in [3.05, 3.63) is 28.6 Å². The number of imidazole rings is 1. The molecule has 2 N–H and O–H groups in total. The van der Waals surface area contributed by atoms with E-state index >= 15 is 0 Å². The van der Waals surface area contributed by atoms with Gasteiger partial charge in [-0.25, -0.2) is 9.50 Å². The molecule has 0 unspecified atom stereocenters. The first kappa shape index (κ1) is 8.65. The van der Waals surface area contributed by atoms with Crippen LogP contribution in [-0.2, 0) is 6.42 Å². The Kier molecular flexibility index (Phi) is 2.28. The molecule has 13 heavy (non-hydrogen) atoms. The molecule has 0 saturated heterocycles. The lowest BCUT2D eigenvalue weighted by molar-refractivity contribution is 0.817. The van der Waals surface area contributed by atoms with E-state index in [1.54, 1.807) is 4.52 Å². The van der Waals surface area contributed by atoms with Gasteiger partial charge in [-0.2, -0.15) is 5.10 Å². The second-order valence-corrected chi connectivity index (χ2v) is 3.53. The molecule has 0 aromatic carbocycles. The van der Waals surface area contributed by atoms with E-state index < -0.39 is 0 Å². The maximum absolute atomic E-state index is 5.47. The van der Waals surface area contributed by atoms with E-state index in [1.165, 1.54) is 0 Å². The Hall–Kier alpha value is -0.940. The number of hydrogen-bond acceptors (Lipinski definition) is 3. The van der Waals surface area contributed by atoms with Crippen molar-refractivity contribution in [2.24, 2.45) is 5.73 Å². The van der Waals surface area contributed by atoms with Gasteiger partial charge in [-0.15, -0.1) is 0 Å². The first-order valence-electron chi connectivity index (χ1n) is 4.00. The van der Waals surface area contributed by atoms with Gasteiger partial charge in [-0.3, -0.25) is 0 Å². The summed E-state index contributed by atoms with van der Waals surface area (Å²) in [5, 5.41) is 4.27. The highest BCUT2D eigenvalue weighted by atomic mass is 79.9. The Morgan fingerprint density at radius 2 is 2.31 bits per heavy atom. The zero-order chi connectivity index (χ0) is 9.26. The van der Waals surface area contributed by atoms with E-state index in [2.05, 4.69) is 26.0 Å². The van der Waals surface area contributed by atoms with Crippen LogP contribution in [0.3, 0.4) is 0 Å². The van der Waals surface area contributed by atoms with Crippen molar-refractivity contribution >= 4 is 21.6 Å². The lowest BCUT2D eigenvalue weighted by Gasteiger charge is -1.98. The molecular formula is C8H9BrN4. The van der Waals surface area contributed by atoms with Crippen LogP contribution >= 0.6 is 15.9 Å². The summed E-state index contributed by atoms with van der Waals surface area (Å²) in [5.74, 6) is 0. The summed E-state index contributed by atoms with van der Waals surface area (Å²) in [6.45, 7) is 0.613. The molecule has 68 valence electrons. The second-order valence-electron chi connectivity index (χ2n) is 2.71. The molecule has 5 heteroatoms. The fourth-order valence-corrected chi connectivity index (χ4v) is 1.51. The quantitative estimate of drug-likeness (QED) is 0.853. The van der Waals surface area contributed by atoms with Gasteiger partial charge in [0.25, 0.3) is 0 Å². The van der Waals surface area contributed by atoms with Gasteiger partial charge >= 0.3 is 0 Å². The summed E-state index contributed by atoms with van der Waals surface area (Å²) in [6.07, 6.45) is 2.60. The van der Waals surface area contributed by atoms with Crippen molar-refractivity contribution in [1.29, 1.82) is 0 Å². The predicted octanol–water partition coefficient (Wildman–Crippen LogP) is 0.993. The normalized spacial score (nSPS) is 10.9. The maximum Gasteiger partial charge on any atom is 0.153 e. The first-order chi connectivity index (χ1) is 6.31.